The van der Waals surface area contributed by atoms with Gasteiger partial charge in [-0.15, -0.1) is 12.4 Å². The van der Waals surface area contributed by atoms with Gasteiger partial charge < -0.3 is 73.4 Å². The lowest BCUT2D eigenvalue weighted by molar-refractivity contribution is 0.0492. The fraction of sp³-hybridized carbons (Fsp3) is 0.342. The molecule has 13 rings (SSSR count). The van der Waals surface area contributed by atoms with Crippen LogP contribution in [-0.4, -0.2) is 58.4 Å². The van der Waals surface area contributed by atoms with Crippen molar-refractivity contribution in [1.29, 1.82) is 0 Å². The molecule has 4 aliphatic rings. The Morgan fingerprint density at radius 1 is 0.510 bits per heavy atom. The number of hydrogen-bond acceptors (Lipinski definition) is 22. The molecule has 0 bridgehead atoms. The van der Waals surface area contributed by atoms with Gasteiger partial charge in [-0.2, -0.15) is 0 Å². The second kappa shape index (κ2) is 32.3. The largest absolute Gasteiger partial charge is 0.488 e. The molecule has 1 aromatic heterocycles. The molecule has 9 aromatic rings. The van der Waals surface area contributed by atoms with Crippen molar-refractivity contribution < 1.29 is 42.5 Å². The molecule has 104 heavy (non-hydrogen) atoms. The summed E-state index contributed by atoms with van der Waals surface area (Å²) in [4.78, 5) is 127. The SMILES string of the molecule is CC(C)(C)OC(=O)N[C@H]1CCc2cc(N)ccc21.CCOc1c(Nc2ccc3c(c2)CC[C@@H]3N)c(=O)c1=O.CCOc1c(Nc2ccc3c(c2)CC[C@@H]3NC(=O)OC(C)(C)C)c(=O)c1=O.Cc1cc(CNC(=O)c2cc(C(=O)N[C@H]3CCc4cc(Nc5c(N)c(=O)c5=O)ccc43)ncn2)ccc1F.Cl. The number of nitrogens with one attached hydrogen (secondary N) is 7. The minimum atomic E-state index is -0.690. The van der Waals surface area contributed by atoms with E-state index >= 15 is 0 Å². The molecule has 0 saturated heterocycles. The number of anilines is 8. The van der Waals surface area contributed by atoms with Crippen molar-refractivity contribution in [3.63, 3.8) is 0 Å². The molecule has 28 heteroatoms. The number of nitrogens with zero attached hydrogens (tertiary/aromatic N) is 2. The van der Waals surface area contributed by atoms with E-state index in [0.29, 0.717) is 43.0 Å². The van der Waals surface area contributed by atoms with E-state index in [1.165, 1.54) is 23.3 Å². The average molecular weight is 1440 g/mol. The Balaban J connectivity index is 0.000000168. The number of aromatic nitrogens is 2. The number of rotatable bonds is 17. The molecule has 26 nitrogen and oxygen atoms in total. The van der Waals surface area contributed by atoms with E-state index in [0.717, 1.165) is 95.2 Å². The summed E-state index contributed by atoms with van der Waals surface area (Å²) >= 11 is 0. The maximum Gasteiger partial charge on any atom is 0.408 e. The Hall–Kier alpha value is -11.3. The van der Waals surface area contributed by atoms with Gasteiger partial charge in [0.2, 0.25) is 0 Å². The number of nitrogens with two attached hydrogens (primary N) is 3. The first kappa shape index (κ1) is 76.9. The third-order valence-electron chi connectivity index (χ3n) is 17.5. The molecule has 13 N–H and O–H groups in total. The van der Waals surface area contributed by atoms with Crippen molar-refractivity contribution in [1.82, 2.24) is 31.2 Å². The summed E-state index contributed by atoms with van der Waals surface area (Å²) in [6, 6.07) is 28.4. The highest BCUT2D eigenvalue weighted by Gasteiger charge is 2.32. The molecule has 4 amide bonds. The van der Waals surface area contributed by atoms with Crippen molar-refractivity contribution in [2.45, 2.75) is 156 Å². The van der Waals surface area contributed by atoms with Crippen molar-refractivity contribution in [3.8, 4) is 11.5 Å². The van der Waals surface area contributed by atoms with E-state index < -0.39 is 61.7 Å². The van der Waals surface area contributed by atoms with Crippen LogP contribution in [0.2, 0.25) is 0 Å². The van der Waals surface area contributed by atoms with Crippen LogP contribution in [0.25, 0.3) is 0 Å². The summed E-state index contributed by atoms with van der Waals surface area (Å²) in [5.41, 5.74) is 26.1. The molecular formula is C76H84ClFN12O14. The zero-order valence-electron chi connectivity index (χ0n) is 59.0. The van der Waals surface area contributed by atoms with Crippen LogP contribution >= 0.6 is 12.4 Å². The molecule has 0 saturated carbocycles. The Labute approximate surface area is 603 Å². The highest BCUT2D eigenvalue weighted by molar-refractivity contribution is 5.97. The van der Waals surface area contributed by atoms with Crippen LogP contribution in [0.5, 0.6) is 11.5 Å². The molecule has 4 atom stereocenters. The van der Waals surface area contributed by atoms with Crippen LogP contribution in [0.1, 0.15) is 182 Å². The normalized spacial score (nSPS) is 15.8. The van der Waals surface area contributed by atoms with Crippen LogP contribution in [0, 0.1) is 12.7 Å². The average Bonchev–Trinajstić information content (AvgIpc) is 1.83. The van der Waals surface area contributed by atoms with Crippen LogP contribution in [-0.2, 0) is 41.7 Å². The number of hydrogen-bond donors (Lipinski definition) is 10. The molecule has 1 heterocycles. The first-order valence-corrected chi connectivity index (χ1v) is 33.9. The number of ether oxygens (including phenoxy) is 4. The number of fused-ring (bicyclic) bond motifs is 4. The fourth-order valence-electron chi connectivity index (χ4n) is 12.5. The number of alkyl carbamates (subject to hydrolysis) is 2. The van der Waals surface area contributed by atoms with Crippen LogP contribution in [0.15, 0.2) is 132 Å². The molecule has 8 aromatic carbocycles. The van der Waals surface area contributed by atoms with Gasteiger partial charge in [-0.05, 0) is 224 Å². The first-order valence-electron chi connectivity index (χ1n) is 33.9. The minimum absolute atomic E-state index is 0. The lowest BCUT2D eigenvalue weighted by Crippen LogP contribution is -2.36. The van der Waals surface area contributed by atoms with E-state index in [2.05, 4.69) is 47.2 Å². The Kier molecular flexibility index (Phi) is 23.9. The van der Waals surface area contributed by atoms with Crippen molar-refractivity contribution in [3.05, 3.63) is 238 Å². The minimum Gasteiger partial charge on any atom is -0.488 e. The van der Waals surface area contributed by atoms with Gasteiger partial charge in [0.1, 0.15) is 57.5 Å². The predicted octanol–water partition coefficient (Wildman–Crippen LogP) is 9.70. The Morgan fingerprint density at radius 2 is 0.933 bits per heavy atom. The molecular weight excluding hydrogens is 1360 g/mol. The molecule has 546 valence electrons. The van der Waals surface area contributed by atoms with Gasteiger partial charge >= 0.3 is 12.2 Å². The maximum absolute atomic E-state index is 13.5. The summed E-state index contributed by atoms with van der Waals surface area (Å²) in [6.07, 6.45) is 7.01. The highest BCUT2D eigenvalue weighted by atomic mass is 35.5. The Morgan fingerprint density at radius 3 is 1.40 bits per heavy atom. The quantitative estimate of drug-likeness (QED) is 0.0299. The number of nitrogen functional groups attached to an aromatic ring is 2. The standard InChI is InChI=1S/C27H23FN6O4.C20H24N2O5.C15H16N2O3.C14H20N2O2.ClH/c1-13-8-14(2-6-18(13)28)11-30-26(37)20-10-21(32-12-31-20)27(38)34-19-7-3-15-9-16(4-5-17(15)19)33-23-22(29)24(35)25(23)36;1-5-26-18-15(16(23)17(18)24)21-12-7-8-13-11(10-12)6-9-14(13)22-19(25)27-20(2,3)4;1-2-20-15-12(13(18)14(15)19)17-9-4-5-10-8(7-9)3-6-11(10)16;1-14(2,3)18-13(17)16-12-7-4-9-8-10(15)5-6-11(9)12;/h2,4-6,8-10,12,19,33H,3,7,11,29H2,1H3,(H,30,37)(H,34,38);7-8,10,14,21H,5-6,9H2,1-4H3,(H,22,25);4-5,7,11,17H,2-3,6,16H2,1H3;5-6,8,12H,4,7,15H2,1-3H3,(H,16,17);1H/t19-;14-;11-;12-;/m0000./s1. The van der Waals surface area contributed by atoms with Crippen molar-refractivity contribution in [2.75, 3.05) is 40.6 Å². The van der Waals surface area contributed by atoms with E-state index in [4.69, 9.17) is 36.1 Å². The summed E-state index contributed by atoms with van der Waals surface area (Å²) < 4.78 is 34.4. The fourth-order valence-corrected chi connectivity index (χ4v) is 12.5. The summed E-state index contributed by atoms with van der Waals surface area (Å²) in [6.45, 7) is 17.1. The van der Waals surface area contributed by atoms with Gasteiger partial charge in [0, 0.05) is 41.4 Å². The van der Waals surface area contributed by atoms with Gasteiger partial charge in [0.05, 0.1) is 31.3 Å². The first-order chi connectivity index (χ1) is 48.9. The predicted molar refractivity (Wildman–Crippen MR) is 397 cm³/mol. The van der Waals surface area contributed by atoms with Gasteiger partial charge in [0.15, 0.2) is 11.5 Å². The lowest BCUT2D eigenvalue weighted by atomic mass is 10.1. The van der Waals surface area contributed by atoms with E-state index in [-0.39, 0.29) is 101 Å². The zero-order valence-corrected chi connectivity index (χ0v) is 59.8. The van der Waals surface area contributed by atoms with E-state index in [1.54, 1.807) is 39.0 Å². The van der Waals surface area contributed by atoms with Crippen LogP contribution in [0.4, 0.5) is 59.5 Å². The molecule has 4 aliphatic carbocycles. The monoisotopic (exact) mass is 1440 g/mol. The molecule has 0 spiro atoms. The highest BCUT2D eigenvalue weighted by Crippen LogP contribution is 2.38. The third-order valence-corrected chi connectivity index (χ3v) is 17.5. The van der Waals surface area contributed by atoms with Gasteiger partial charge in [-0.25, -0.2) is 23.9 Å². The molecule has 0 unspecified atom stereocenters. The van der Waals surface area contributed by atoms with E-state index in [9.17, 15) is 52.3 Å². The maximum atomic E-state index is 13.5. The van der Waals surface area contributed by atoms with Crippen molar-refractivity contribution >= 4 is 81.9 Å². The van der Waals surface area contributed by atoms with Gasteiger partial charge in [-0.1, -0.05) is 36.4 Å². The summed E-state index contributed by atoms with van der Waals surface area (Å²) in [7, 11) is 0. The molecule has 0 aliphatic heterocycles. The summed E-state index contributed by atoms with van der Waals surface area (Å²) in [5.74, 6) is -1.04. The molecule has 0 fully saturated rings. The van der Waals surface area contributed by atoms with Crippen molar-refractivity contribution in [2.24, 2.45) is 5.73 Å². The molecule has 0 radical (unpaired) electrons. The second-order valence-corrected chi connectivity index (χ2v) is 27.4. The zero-order chi connectivity index (χ0) is 74.4. The smallest absolute Gasteiger partial charge is 0.408 e. The second-order valence-electron chi connectivity index (χ2n) is 27.4. The van der Waals surface area contributed by atoms with Crippen LogP contribution < -0.4 is 96.5 Å². The topological polar surface area (TPSA) is 396 Å². The van der Waals surface area contributed by atoms with E-state index in [1.807, 2.05) is 108 Å². The number of carbonyl (C=O) groups excluding carboxylic acids is 4. The third kappa shape index (κ3) is 18.1. The number of amides is 4. The number of aryl methyl sites for hydroxylation is 5. The van der Waals surface area contributed by atoms with Crippen LogP contribution in [0.3, 0.4) is 0 Å². The lowest BCUT2D eigenvalue weighted by Gasteiger charge is -2.22. The number of carbonyl (C=O) groups is 4. The number of halogens is 2. The Bertz CT molecular complexity index is 4970. The van der Waals surface area contributed by atoms with Gasteiger partial charge in [0.25, 0.3) is 44.4 Å². The summed E-state index contributed by atoms with van der Waals surface area (Å²) in [5, 5.41) is 20.3. The van der Waals surface area contributed by atoms with Gasteiger partial charge in [-0.3, -0.25) is 38.4 Å². The number of benzene rings is 5.